The first-order valence-electron chi connectivity index (χ1n) is 4.09. The molecule has 0 saturated carbocycles. The van der Waals surface area contributed by atoms with E-state index in [1.54, 1.807) is 23.0 Å². The van der Waals surface area contributed by atoms with E-state index in [-0.39, 0.29) is 6.54 Å². The number of aliphatic hydroxyl groups is 1. The Morgan fingerprint density at radius 3 is 3.07 bits per heavy atom. The highest BCUT2D eigenvalue weighted by Crippen LogP contribution is 2.18. The highest BCUT2D eigenvalue weighted by atomic mass is 79.9. The van der Waals surface area contributed by atoms with Crippen LogP contribution in [-0.4, -0.2) is 26.0 Å². The summed E-state index contributed by atoms with van der Waals surface area (Å²) in [6.45, 7) is 0.136. The monoisotopic (exact) mass is 256 g/mol. The van der Waals surface area contributed by atoms with Crippen molar-refractivity contribution in [1.29, 1.82) is 0 Å². The van der Waals surface area contributed by atoms with Crippen molar-refractivity contribution in [2.45, 2.75) is 6.10 Å². The molecule has 0 spiro atoms. The molecule has 0 amide bonds. The number of rotatable bonds is 2. The van der Waals surface area contributed by atoms with Gasteiger partial charge >= 0.3 is 0 Å². The van der Waals surface area contributed by atoms with Crippen molar-refractivity contribution in [1.82, 2.24) is 14.4 Å². The fourth-order valence-electron chi connectivity index (χ4n) is 1.26. The van der Waals surface area contributed by atoms with Gasteiger partial charge in [-0.15, -0.1) is 0 Å². The molecule has 0 aliphatic heterocycles. The normalized spacial score (nSPS) is 13.4. The number of halogens is 1. The van der Waals surface area contributed by atoms with Crippen LogP contribution < -0.4 is 5.73 Å². The second-order valence-electron chi connectivity index (χ2n) is 2.84. The van der Waals surface area contributed by atoms with Crippen LogP contribution >= 0.6 is 15.9 Å². The maximum absolute atomic E-state index is 9.58. The van der Waals surface area contributed by atoms with E-state index in [1.165, 1.54) is 0 Å². The lowest BCUT2D eigenvalue weighted by molar-refractivity contribution is 0.183. The van der Waals surface area contributed by atoms with E-state index in [2.05, 4.69) is 25.9 Å². The van der Waals surface area contributed by atoms with Crippen LogP contribution in [0.3, 0.4) is 0 Å². The van der Waals surface area contributed by atoms with Crippen molar-refractivity contribution in [3.63, 3.8) is 0 Å². The second-order valence-corrected chi connectivity index (χ2v) is 3.65. The summed E-state index contributed by atoms with van der Waals surface area (Å²) < 4.78 is 2.61. The highest BCUT2D eigenvalue weighted by molar-refractivity contribution is 9.10. The van der Waals surface area contributed by atoms with Gasteiger partial charge in [0.15, 0.2) is 5.65 Å². The summed E-state index contributed by atoms with van der Waals surface area (Å²) in [6, 6.07) is 0. The van der Waals surface area contributed by atoms with Crippen LogP contribution in [0.15, 0.2) is 23.2 Å². The average Bonchev–Trinajstić information content (AvgIpc) is 2.59. The molecule has 0 aliphatic rings. The minimum Gasteiger partial charge on any atom is -0.385 e. The molecule has 2 heterocycles. The molecule has 14 heavy (non-hydrogen) atoms. The van der Waals surface area contributed by atoms with Crippen LogP contribution in [0.2, 0.25) is 0 Å². The molecule has 74 valence electrons. The molecular weight excluding hydrogens is 248 g/mol. The Labute approximate surface area is 88.7 Å². The number of nitrogens with zero attached hydrogens (tertiary/aromatic N) is 3. The van der Waals surface area contributed by atoms with E-state index in [1.807, 2.05) is 0 Å². The van der Waals surface area contributed by atoms with Gasteiger partial charge < -0.3 is 10.8 Å². The Balaban J connectivity index is 2.65. The van der Waals surface area contributed by atoms with Gasteiger partial charge in [0.1, 0.15) is 16.4 Å². The van der Waals surface area contributed by atoms with E-state index in [9.17, 15) is 5.11 Å². The Hall–Kier alpha value is -0.980. The summed E-state index contributed by atoms with van der Waals surface area (Å²) in [5.74, 6) is 0. The van der Waals surface area contributed by atoms with Gasteiger partial charge in [-0.3, -0.25) is 9.38 Å². The third-order valence-corrected chi connectivity index (χ3v) is 2.54. The second kappa shape index (κ2) is 3.64. The molecule has 2 aromatic rings. The molecule has 1 unspecified atom stereocenters. The van der Waals surface area contributed by atoms with Crippen molar-refractivity contribution in [2.75, 3.05) is 6.54 Å². The van der Waals surface area contributed by atoms with Crippen molar-refractivity contribution >= 4 is 21.6 Å². The van der Waals surface area contributed by atoms with Crippen LogP contribution in [0.25, 0.3) is 5.65 Å². The van der Waals surface area contributed by atoms with Gasteiger partial charge in [0.2, 0.25) is 0 Å². The molecule has 0 saturated heterocycles. The van der Waals surface area contributed by atoms with Crippen molar-refractivity contribution in [3.8, 4) is 0 Å². The number of nitrogens with two attached hydrogens (primary N) is 1. The molecule has 6 heteroatoms. The Morgan fingerprint density at radius 2 is 2.36 bits per heavy atom. The van der Waals surface area contributed by atoms with Gasteiger partial charge in [-0.2, -0.15) is 0 Å². The van der Waals surface area contributed by atoms with Crippen LogP contribution in [0, 0.1) is 0 Å². The van der Waals surface area contributed by atoms with E-state index in [0.29, 0.717) is 11.3 Å². The molecule has 5 nitrogen and oxygen atoms in total. The number of imidazole rings is 1. The maximum Gasteiger partial charge on any atom is 0.162 e. The SMILES string of the molecule is NCC(O)c1nccn2c(Br)cnc12. The first-order valence-corrected chi connectivity index (χ1v) is 4.89. The standard InChI is InChI=1S/C8H9BrN4O/c9-6-4-12-8-7(5(14)3-10)11-1-2-13(6)8/h1-2,4-5,14H,3,10H2. The molecule has 0 radical (unpaired) electrons. The molecule has 3 N–H and O–H groups in total. The summed E-state index contributed by atoms with van der Waals surface area (Å²) in [4.78, 5) is 8.18. The largest absolute Gasteiger partial charge is 0.385 e. The molecular formula is C8H9BrN4O. The van der Waals surface area contributed by atoms with Gasteiger partial charge in [-0.05, 0) is 15.9 Å². The minimum atomic E-state index is -0.770. The lowest BCUT2D eigenvalue weighted by atomic mass is 10.2. The van der Waals surface area contributed by atoms with Gasteiger partial charge in [-0.1, -0.05) is 0 Å². The van der Waals surface area contributed by atoms with Gasteiger partial charge in [0.25, 0.3) is 0 Å². The van der Waals surface area contributed by atoms with Crippen molar-refractivity contribution in [2.24, 2.45) is 5.73 Å². The van der Waals surface area contributed by atoms with Crippen molar-refractivity contribution in [3.05, 3.63) is 28.9 Å². The molecule has 0 bridgehead atoms. The number of hydrogen-bond donors (Lipinski definition) is 2. The van der Waals surface area contributed by atoms with Crippen LogP contribution in [0.5, 0.6) is 0 Å². The lowest BCUT2D eigenvalue weighted by Crippen LogP contribution is -2.14. The van der Waals surface area contributed by atoms with E-state index in [0.717, 1.165) is 4.60 Å². The molecule has 0 aliphatic carbocycles. The zero-order chi connectivity index (χ0) is 10.1. The van der Waals surface area contributed by atoms with Crippen LogP contribution in [-0.2, 0) is 0 Å². The van der Waals surface area contributed by atoms with E-state index < -0.39 is 6.10 Å². The molecule has 2 aromatic heterocycles. The summed E-state index contributed by atoms with van der Waals surface area (Å²) in [7, 11) is 0. The molecule has 2 rings (SSSR count). The summed E-state index contributed by atoms with van der Waals surface area (Å²) in [5, 5.41) is 9.58. The van der Waals surface area contributed by atoms with Gasteiger partial charge in [0.05, 0.1) is 6.20 Å². The predicted octanol–water partition coefficient (Wildman–Crippen LogP) is 0.484. The third kappa shape index (κ3) is 1.41. The fraction of sp³-hybridized carbons (Fsp3) is 0.250. The lowest BCUT2D eigenvalue weighted by Gasteiger charge is -2.07. The third-order valence-electron chi connectivity index (χ3n) is 1.95. The zero-order valence-electron chi connectivity index (χ0n) is 7.26. The maximum atomic E-state index is 9.58. The Morgan fingerprint density at radius 1 is 1.57 bits per heavy atom. The number of aliphatic hydroxyl groups excluding tert-OH is 1. The Bertz CT molecular complexity index is 456. The van der Waals surface area contributed by atoms with E-state index in [4.69, 9.17) is 5.73 Å². The highest BCUT2D eigenvalue weighted by Gasteiger charge is 2.13. The van der Waals surface area contributed by atoms with Gasteiger partial charge in [-0.25, -0.2) is 4.98 Å². The number of fused-ring (bicyclic) bond motifs is 1. The number of hydrogen-bond acceptors (Lipinski definition) is 4. The van der Waals surface area contributed by atoms with E-state index >= 15 is 0 Å². The summed E-state index contributed by atoms with van der Waals surface area (Å²) in [5.41, 5.74) is 6.49. The first kappa shape index (κ1) is 9.57. The smallest absolute Gasteiger partial charge is 0.162 e. The first-order chi connectivity index (χ1) is 6.74. The molecule has 1 atom stereocenters. The number of aromatic nitrogens is 3. The Kier molecular flexibility index (Phi) is 2.49. The topological polar surface area (TPSA) is 76.4 Å². The van der Waals surface area contributed by atoms with Crippen LogP contribution in [0.4, 0.5) is 0 Å². The molecule has 0 fully saturated rings. The van der Waals surface area contributed by atoms with Crippen LogP contribution in [0.1, 0.15) is 11.8 Å². The molecule has 0 aromatic carbocycles. The summed E-state index contributed by atoms with van der Waals surface area (Å²) in [6.07, 6.45) is 4.25. The van der Waals surface area contributed by atoms with Crippen molar-refractivity contribution < 1.29 is 5.11 Å². The predicted molar refractivity (Wildman–Crippen MR) is 54.7 cm³/mol. The fourth-order valence-corrected chi connectivity index (χ4v) is 1.64. The van der Waals surface area contributed by atoms with Gasteiger partial charge in [0, 0.05) is 18.9 Å². The quantitative estimate of drug-likeness (QED) is 0.820. The minimum absolute atomic E-state index is 0.136. The average molecular weight is 257 g/mol. The zero-order valence-corrected chi connectivity index (χ0v) is 8.85. The summed E-state index contributed by atoms with van der Waals surface area (Å²) >= 11 is 3.33.